The van der Waals surface area contributed by atoms with Crippen molar-refractivity contribution in [2.45, 2.75) is 18.9 Å². The number of nitrogens with two attached hydrogens (primary N) is 1. The van der Waals surface area contributed by atoms with Crippen molar-refractivity contribution < 1.29 is 19.1 Å². The number of aliphatic hydroxyl groups is 1. The lowest BCUT2D eigenvalue weighted by Gasteiger charge is -2.39. The number of rotatable bonds is 5. The van der Waals surface area contributed by atoms with E-state index in [1.807, 2.05) is 0 Å². The van der Waals surface area contributed by atoms with Crippen LogP contribution in [0.1, 0.15) is 23.2 Å². The fourth-order valence-corrected chi connectivity index (χ4v) is 3.01. The molecule has 1 aromatic carbocycles. The summed E-state index contributed by atoms with van der Waals surface area (Å²) in [6.45, 7) is 3.22. The number of hydrogen-bond donors (Lipinski definition) is 3. The maximum atomic E-state index is 12.3. The molecule has 1 saturated heterocycles. The molecule has 6 nitrogen and oxygen atoms in total. The summed E-state index contributed by atoms with van der Waals surface area (Å²) in [4.78, 5) is 12.3. The molecule has 0 atom stereocenters. The Kier molecular flexibility index (Phi) is 5.73. The Balaban J connectivity index is 1.94. The molecule has 7 heteroatoms. The molecule has 0 aliphatic carbocycles. The van der Waals surface area contributed by atoms with E-state index in [9.17, 15) is 9.90 Å². The summed E-state index contributed by atoms with van der Waals surface area (Å²) in [5, 5.41) is 12.8. The van der Waals surface area contributed by atoms with Crippen molar-refractivity contribution in [3.63, 3.8) is 0 Å². The van der Waals surface area contributed by atoms with Gasteiger partial charge in [-0.2, -0.15) is 0 Å². The van der Waals surface area contributed by atoms with Gasteiger partial charge in [-0.3, -0.25) is 4.79 Å². The average Bonchev–Trinajstić information content (AvgIpc) is 2.52. The maximum Gasteiger partial charge on any atom is 0.255 e. The predicted molar refractivity (Wildman–Crippen MR) is 90.8 cm³/mol. The minimum absolute atomic E-state index is 0.183. The Bertz CT molecular complexity index is 572. The lowest BCUT2D eigenvalue weighted by atomic mass is 10.1. The Morgan fingerprint density at radius 2 is 2.13 bits per heavy atom. The summed E-state index contributed by atoms with van der Waals surface area (Å²) in [7, 11) is 3.64. The number of methoxy groups -OCH3 is 1. The van der Waals surface area contributed by atoms with Gasteiger partial charge in [0.25, 0.3) is 5.91 Å². The van der Waals surface area contributed by atoms with E-state index in [2.05, 4.69) is 12.4 Å². The minimum Gasteiger partial charge on any atom is -0.496 e. The van der Waals surface area contributed by atoms with Crippen LogP contribution in [0, 0.1) is 0 Å². The first kappa shape index (κ1) is 17.8. The zero-order chi connectivity index (χ0) is 17.0. The molecule has 23 heavy (non-hydrogen) atoms. The van der Waals surface area contributed by atoms with Crippen LogP contribution in [0.15, 0.2) is 12.1 Å². The third-order valence-corrected chi connectivity index (χ3v) is 4.83. The molecule has 0 radical (unpaired) electrons. The predicted octanol–water partition coefficient (Wildman–Crippen LogP) is 1.26. The average molecular weight is 343 g/mol. The van der Waals surface area contributed by atoms with E-state index in [1.165, 1.54) is 13.2 Å². The number of benzene rings is 1. The number of likely N-dealkylation sites (tertiary alicyclic amines) is 1. The number of carbonyl (C=O) groups is 1. The number of quaternary nitrogens is 1. The van der Waals surface area contributed by atoms with Crippen LogP contribution < -0.4 is 15.8 Å². The zero-order valence-electron chi connectivity index (χ0n) is 13.6. The van der Waals surface area contributed by atoms with Crippen LogP contribution in [-0.4, -0.2) is 61.9 Å². The summed E-state index contributed by atoms with van der Waals surface area (Å²) in [5.41, 5.74) is 6.48. The third kappa shape index (κ3) is 4.50. The fraction of sp³-hybridized carbons (Fsp3) is 0.562. The lowest BCUT2D eigenvalue weighted by molar-refractivity contribution is -0.913. The molecule has 4 N–H and O–H groups in total. The van der Waals surface area contributed by atoms with Crippen LogP contribution in [-0.2, 0) is 0 Å². The Labute approximate surface area is 141 Å². The molecular weight excluding hydrogens is 318 g/mol. The van der Waals surface area contributed by atoms with Gasteiger partial charge < -0.3 is 25.4 Å². The molecule has 128 valence electrons. The normalized spacial score (nSPS) is 24.3. The van der Waals surface area contributed by atoms with E-state index >= 15 is 0 Å². The second-order valence-corrected chi connectivity index (χ2v) is 6.76. The van der Waals surface area contributed by atoms with Gasteiger partial charge in [-0.15, -0.1) is 0 Å². The van der Waals surface area contributed by atoms with Crippen molar-refractivity contribution in [3.05, 3.63) is 22.7 Å². The molecular formula is C16H25ClN3O3+. The standard InChI is InChI=1S/C16H24ClN3O3/c1-20(6-3-11(21)4-7-20)8-5-19-16(22)12-9-13(17)14(18)10-15(12)23-2/h9-11,21H,3-8H2,1-2H3,(H2-,18,19,22)/p+1. The van der Waals surface area contributed by atoms with Gasteiger partial charge >= 0.3 is 0 Å². The first-order valence-corrected chi connectivity index (χ1v) is 8.15. The molecule has 0 spiro atoms. The summed E-state index contributed by atoms with van der Waals surface area (Å²) < 4.78 is 6.06. The highest BCUT2D eigenvalue weighted by Crippen LogP contribution is 2.28. The fourth-order valence-electron chi connectivity index (χ4n) is 2.85. The van der Waals surface area contributed by atoms with Gasteiger partial charge in [-0.05, 0) is 6.07 Å². The first-order valence-electron chi connectivity index (χ1n) is 7.77. The van der Waals surface area contributed by atoms with Gasteiger partial charge in [0.05, 0.1) is 62.7 Å². The summed E-state index contributed by atoms with van der Waals surface area (Å²) in [6, 6.07) is 3.08. The van der Waals surface area contributed by atoms with Gasteiger partial charge in [0.15, 0.2) is 0 Å². The van der Waals surface area contributed by atoms with Crippen molar-refractivity contribution in [2.75, 3.05) is 46.1 Å². The van der Waals surface area contributed by atoms with Gasteiger partial charge in [-0.25, -0.2) is 0 Å². The van der Waals surface area contributed by atoms with E-state index in [-0.39, 0.29) is 12.0 Å². The summed E-state index contributed by atoms with van der Waals surface area (Å²) >= 11 is 5.99. The van der Waals surface area contributed by atoms with E-state index in [1.54, 1.807) is 6.07 Å². The number of likely N-dealkylation sites (N-methyl/N-ethyl adjacent to an activating group) is 1. The molecule has 0 aromatic heterocycles. The molecule has 1 aliphatic rings. The third-order valence-electron chi connectivity index (χ3n) is 4.50. The van der Waals surface area contributed by atoms with Crippen molar-refractivity contribution in [1.82, 2.24) is 5.32 Å². The van der Waals surface area contributed by atoms with Gasteiger partial charge in [0.1, 0.15) is 5.75 Å². The van der Waals surface area contributed by atoms with Crippen LogP contribution in [0.25, 0.3) is 0 Å². The highest BCUT2D eigenvalue weighted by atomic mass is 35.5. The van der Waals surface area contributed by atoms with Crippen molar-refractivity contribution >= 4 is 23.2 Å². The van der Waals surface area contributed by atoms with Crippen molar-refractivity contribution in [3.8, 4) is 5.75 Å². The highest BCUT2D eigenvalue weighted by molar-refractivity contribution is 6.33. The number of amides is 1. The van der Waals surface area contributed by atoms with E-state index in [4.69, 9.17) is 22.1 Å². The molecule has 1 amide bonds. The number of nitrogen functional groups attached to an aromatic ring is 1. The number of halogens is 1. The second-order valence-electron chi connectivity index (χ2n) is 6.35. The van der Waals surface area contributed by atoms with Crippen LogP contribution in [0.3, 0.4) is 0 Å². The van der Waals surface area contributed by atoms with Crippen LogP contribution in [0.2, 0.25) is 5.02 Å². The number of nitrogens with zero attached hydrogens (tertiary/aromatic N) is 1. The van der Waals surface area contributed by atoms with Crippen LogP contribution >= 0.6 is 11.6 Å². The van der Waals surface area contributed by atoms with Crippen molar-refractivity contribution in [1.29, 1.82) is 0 Å². The number of piperidine rings is 1. The van der Waals surface area contributed by atoms with E-state index in [0.717, 1.165) is 37.0 Å². The molecule has 1 aromatic rings. The zero-order valence-corrected chi connectivity index (χ0v) is 14.4. The van der Waals surface area contributed by atoms with Crippen LogP contribution in [0.5, 0.6) is 5.75 Å². The summed E-state index contributed by atoms with van der Waals surface area (Å²) in [5.74, 6) is 0.179. The Morgan fingerprint density at radius 3 is 2.74 bits per heavy atom. The maximum absolute atomic E-state index is 12.3. The lowest BCUT2D eigenvalue weighted by Crippen LogP contribution is -2.53. The smallest absolute Gasteiger partial charge is 0.255 e. The molecule has 2 rings (SSSR count). The molecule has 1 fully saturated rings. The van der Waals surface area contributed by atoms with E-state index in [0.29, 0.717) is 28.6 Å². The van der Waals surface area contributed by atoms with Gasteiger partial charge in [-0.1, -0.05) is 11.6 Å². The first-order chi connectivity index (χ1) is 10.8. The molecule has 1 heterocycles. The SMILES string of the molecule is COc1cc(N)c(Cl)cc1C(=O)NCC[N+]1(C)CCC(O)CC1. The topological polar surface area (TPSA) is 84.6 Å². The Hall–Kier alpha value is -1.50. The minimum atomic E-state index is -0.229. The molecule has 0 saturated carbocycles. The quantitative estimate of drug-likeness (QED) is 0.555. The number of carbonyl (C=O) groups excluding carboxylic acids is 1. The molecule has 0 bridgehead atoms. The number of nitrogens with one attached hydrogen (secondary N) is 1. The number of aliphatic hydroxyl groups excluding tert-OH is 1. The number of ether oxygens (including phenoxy) is 1. The number of anilines is 1. The largest absolute Gasteiger partial charge is 0.496 e. The monoisotopic (exact) mass is 342 g/mol. The van der Waals surface area contributed by atoms with Crippen molar-refractivity contribution in [2.24, 2.45) is 0 Å². The van der Waals surface area contributed by atoms with Gasteiger partial charge in [0.2, 0.25) is 0 Å². The number of hydrogen-bond acceptors (Lipinski definition) is 4. The van der Waals surface area contributed by atoms with Gasteiger partial charge in [0, 0.05) is 18.9 Å². The molecule has 1 aliphatic heterocycles. The molecule has 0 unspecified atom stereocenters. The Morgan fingerprint density at radius 1 is 1.48 bits per heavy atom. The van der Waals surface area contributed by atoms with Crippen LogP contribution in [0.4, 0.5) is 5.69 Å². The second kappa shape index (κ2) is 7.38. The summed E-state index contributed by atoms with van der Waals surface area (Å²) in [6.07, 6.45) is 1.44. The van der Waals surface area contributed by atoms with E-state index < -0.39 is 0 Å². The highest BCUT2D eigenvalue weighted by Gasteiger charge is 2.28.